The number of fused-ring (bicyclic) bond motifs is 1. The first-order valence-corrected chi connectivity index (χ1v) is 5.86. The predicted octanol–water partition coefficient (Wildman–Crippen LogP) is 0.0869. The van der Waals surface area contributed by atoms with Crippen molar-refractivity contribution < 1.29 is 4.74 Å². The van der Waals surface area contributed by atoms with E-state index in [1.807, 2.05) is 0 Å². The summed E-state index contributed by atoms with van der Waals surface area (Å²) in [5.41, 5.74) is 3.10. The topological polar surface area (TPSA) is 114 Å². The summed E-state index contributed by atoms with van der Waals surface area (Å²) in [5.74, 6) is 6.95. The number of nitrogen functional groups attached to an aromatic ring is 1. The van der Waals surface area contributed by atoms with Crippen LogP contribution in [0.5, 0.6) is 0 Å². The second-order valence-electron chi connectivity index (χ2n) is 4.28. The Balaban J connectivity index is 1.82. The second kappa shape index (κ2) is 4.75. The van der Waals surface area contributed by atoms with Crippen LogP contribution in [-0.4, -0.2) is 39.9 Å². The first kappa shape index (κ1) is 11.2. The molecule has 1 atom stereocenters. The normalized spacial score (nSPS) is 19.3. The van der Waals surface area contributed by atoms with Crippen LogP contribution in [0.3, 0.4) is 0 Å². The first-order valence-electron chi connectivity index (χ1n) is 5.86. The third-order valence-corrected chi connectivity index (χ3v) is 3.02. The number of nitrogens with one attached hydrogen (secondary N) is 3. The number of aromatic amines is 1. The molecule has 1 aliphatic rings. The monoisotopic (exact) mass is 249 g/mol. The second-order valence-corrected chi connectivity index (χ2v) is 4.28. The Morgan fingerprint density at radius 3 is 3.22 bits per heavy atom. The number of hydrogen-bond donors (Lipinski definition) is 4. The number of aromatic nitrogens is 4. The third kappa shape index (κ3) is 2.07. The molecular weight excluding hydrogens is 234 g/mol. The Morgan fingerprint density at radius 1 is 1.50 bits per heavy atom. The van der Waals surface area contributed by atoms with E-state index in [2.05, 4.69) is 30.9 Å². The van der Waals surface area contributed by atoms with E-state index in [4.69, 9.17) is 10.6 Å². The standard InChI is InChI=1S/C10H15N7O/c11-16-10-14-8(7-4-13-17-9(7)15-10)12-3-6-1-2-18-5-6/h4,6H,1-3,5,11H2,(H3,12,13,14,15,16,17). The van der Waals surface area contributed by atoms with Gasteiger partial charge in [0.1, 0.15) is 5.82 Å². The molecule has 8 heteroatoms. The highest BCUT2D eigenvalue weighted by molar-refractivity contribution is 5.86. The van der Waals surface area contributed by atoms with Gasteiger partial charge in [-0.15, -0.1) is 0 Å². The molecule has 0 aliphatic carbocycles. The number of hydrogen-bond acceptors (Lipinski definition) is 7. The van der Waals surface area contributed by atoms with E-state index < -0.39 is 0 Å². The van der Waals surface area contributed by atoms with E-state index >= 15 is 0 Å². The molecule has 0 aromatic carbocycles. The molecule has 1 saturated heterocycles. The molecule has 5 N–H and O–H groups in total. The van der Waals surface area contributed by atoms with Crippen molar-refractivity contribution in [3.05, 3.63) is 6.20 Å². The van der Waals surface area contributed by atoms with Crippen LogP contribution < -0.4 is 16.6 Å². The molecule has 0 spiro atoms. The van der Waals surface area contributed by atoms with Gasteiger partial charge in [-0.3, -0.25) is 10.5 Å². The van der Waals surface area contributed by atoms with Crippen molar-refractivity contribution >= 4 is 22.8 Å². The van der Waals surface area contributed by atoms with Crippen LogP contribution in [0.25, 0.3) is 11.0 Å². The minimum atomic E-state index is 0.358. The maximum atomic E-state index is 5.34. The molecule has 1 unspecified atom stereocenters. The van der Waals surface area contributed by atoms with Gasteiger partial charge < -0.3 is 10.1 Å². The maximum Gasteiger partial charge on any atom is 0.241 e. The summed E-state index contributed by atoms with van der Waals surface area (Å²) >= 11 is 0. The summed E-state index contributed by atoms with van der Waals surface area (Å²) in [5, 5.41) is 10.9. The van der Waals surface area contributed by atoms with Crippen molar-refractivity contribution in [3.63, 3.8) is 0 Å². The Kier molecular flexibility index (Phi) is 2.95. The fourth-order valence-electron chi connectivity index (χ4n) is 2.02. The van der Waals surface area contributed by atoms with Gasteiger partial charge in [0.25, 0.3) is 0 Å². The number of nitrogens with zero attached hydrogens (tertiary/aromatic N) is 3. The summed E-state index contributed by atoms with van der Waals surface area (Å²) in [6.07, 6.45) is 2.78. The Bertz CT molecular complexity index is 534. The summed E-state index contributed by atoms with van der Waals surface area (Å²) in [4.78, 5) is 8.46. The summed E-state index contributed by atoms with van der Waals surface area (Å²) in [6, 6.07) is 0. The molecule has 0 bridgehead atoms. The summed E-state index contributed by atoms with van der Waals surface area (Å²) in [6.45, 7) is 2.46. The van der Waals surface area contributed by atoms with Crippen molar-refractivity contribution in [3.8, 4) is 0 Å². The molecule has 0 radical (unpaired) electrons. The van der Waals surface area contributed by atoms with Crippen LogP contribution in [0.2, 0.25) is 0 Å². The molecule has 1 fully saturated rings. The van der Waals surface area contributed by atoms with E-state index in [0.717, 1.165) is 37.4 Å². The molecule has 0 amide bonds. The Morgan fingerprint density at radius 2 is 2.44 bits per heavy atom. The third-order valence-electron chi connectivity index (χ3n) is 3.02. The van der Waals surface area contributed by atoms with Gasteiger partial charge in [0.05, 0.1) is 18.2 Å². The minimum Gasteiger partial charge on any atom is -0.381 e. The van der Waals surface area contributed by atoms with Gasteiger partial charge in [0, 0.05) is 19.1 Å². The van der Waals surface area contributed by atoms with E-state index in [1.54, 1.807) is 6.20 Å². The number of hydrazine groups is 1. The van der Waals surface area contributed by atoms with Gasteiger partial charge in [-0.05, 0) is 6.42 Å². The molecule has 18 heavy (non-hydrogen) atoms. The zero-order valence-electron chi connectivity index (χ0n) is 9.81. The fourth-order valence-corrected chi connectivity index (χ4v) is 2.02. The highest BCUT2D eigenvalue weighted by Gasteiger charge is 2.16. The highest BCUT2D eigenvalue weighted by Crippen LogP contribution is 2.21. The van der Waals surface area contributed by atoms with Crippen molar-refractivity contribution in [2.24, 2.45) is 11.8 Å². The van der Waals surface area contributed by atoms with Gasteiger partial charge in [0.2, 0.25) is 5.95 Å². The van der Waals surface area contributed by atoms with Crippen LogP contribution in [0.1, 0.15) is 6.42 Å². The molecule has 2 aromatic rings. The lowest BCUT2D eigenvalue weighted by atomic mass is 10.1. The maximum absolute atomic E-state index is 5.34. The molecule has 8 nitrogen and oxygen atoms in total. The van der Waals surface area contributed by atoms with Crippen LogP contribution in [0, 0.1) is 5.92 Å². The average Bonchev–Trinajstić information content (AvgIpc) is 3.06. The number of rotatable bonds is 4. The number of ether oxygens (including phenoxy) is 1. The molecule has 0 saturated carbocycles. The minimum absolute atomic E-state index is 0.358. The molecule has 1 aliphatic heterocycles. The van der Waals surface area contributed by atoms with Gasteiger partial charge in [-0.25, -0.2) is 5.84 Å². The van der Waals surface area contributed by atoms with E-state index in [1.165, 1.54) is 0 Å². The van der Waals surface area contributed by atoms with E-state index in [9.17, 15) is 0 Å². The lowest BCUT2D eigenvalue weighted by Gasteiger charge is -2.11. The Hall–Kier alpha value is -1.93. The predicted molar refractivity (Wildman–Crippen MR) is 66.9 cm³/mol. The fraction of sp³-hybridized carbons (Fsp3) is 0.500. The molecule has 3 rings (SSSR count). The highest BCUT2D eigenvalue weighted by atomic mass is 16.5. The molecule has 3 heterocycles. The van der Waals surface area contributed by atoms with Gasteiger partial charge in [-0.1, -0.05) is 0 Å². The number of nitrogens with two attached hydrogens (primary N) is 1. The van der Waals surface area contributed by atoms with Crippen LogP contribution in [-0.2, 0) is 4.74 Å². The lowest BCUT2D eigenvalue weighted by Crippen LogP contribution is -2.17. The SMILES string of the molecule is NNc1nc(NCC2CCOC2)c2cn[nH]c2n1. The number of H-pyrrole nitrogens is 1. The van der Waals surface area contributed by atoms with Crippen molar-refractivity contribution in [2.45, 2.75) is 6.42 Å². The zero-order valence-corrected chi connectivity index (χ0v) is 9.81. The first-order chi connectivity index (χ1) is 8.86. The van der Waals surface area contributed by atoms with Gasteiger partial charge in [0.15, 0.2) is 5.65 Å². The zero-order chi connectivity index (χ0) is 12.4. The smallest absolute Gasteiger partial charge is 0.241 e. The van der Waals surface area contributed by atoms with Crippen LogP contribution in [0.4, 0.5) is 11.8 Å². The molecule has 2 aromatic heterocycles. The van der Waals surface area contributed by atoms with Crippen molar-refractivity contribution in [2.75, 3.05) is 30.5 Å². The largest absolute Gasteiger partial charge is 0.381 e. The van der Waals surface area contributed by atoms with Crippen LogP contribution in [0.15, 0.2) is 6.20 Å². The Labute approximate surface area is 103 Å². The number of anilines is 2. The van der Waals surface area contributed by atoms with Crippen molar-refractivity contribution in [1.29, 1.82) is 0 Å². The van der Waals surface area contributed by atoms with Crippen LogP contribution >= 0.6 is 0 Å². The summed E-state index contributed by atoms with van der Waals surface area (Å²) < 4.78 is 5.34. The average molecular weight is 249 g/mol. The van der Waals surface area contributed by atoms with Crippen molar-refractivity contribution in [1.82, 2.24) is 20.2 Å². The molecule has 96 valence electrons. The van der Waals surface area contributed by atoms with Gasteiger partial charge in [-0.2, -0.15) is 15.1 Å². The van der Waals surface area contributed by atoms with Gasteiger partial charge >= 0.3 is 0 Å². The van der Waals surface area contributed by atoms with E-state index in [-0.39, 0.29) is 0 Å². The molecular formula is C10H15N7O. The quantitative estimate of drug-likeness (QED) is 0.448. The summed E-state index contributed by atoms with van der Waals surface area (Å²) in [7, 11) is 0. The van der Waals surface area contributed by atoms with E-state index in [0.29, 0.717) is 17.5 Å². The lowest BCUT2D eigenvalue weighted by molar-refractivity contribution is 0.187.